The molecule has 0 spiro atoms. The van der Waals surface area contributed by atoms with E-state index in [-0.39, 0.29) is 17.2 Å². The third kappa shape index (κ3) is 4.61. The summed E-state index contributed by atoms with van der Waals surface area (Å²) in [6, 6.07) is 22.5. The van der Waals surface area contributed by atoms with Gasteiger partial charge in [-0.15, -0.1) is 0 Å². The SMILES string of the molecule is CC1(C)Oc2cc(N3CCN(C(=O)OCc4ccccc4)CC3)c([N+](=O)[O-])cc2-c2c1cnn2-c1ccccc1. The second-order valence-corrected chi connectivity index (χ2v) is 10.4. The van der Waals surface area contributed by atoms with Crippen molar-refractivity contribution in [3.8, 4) is 22.7 Å². The Hall–Kier alpha value is -4.86. The molecule has 0 radical (unpaired) electrons. The minimum atomic E-state index is -0.691. The van der Waals surface area contributed by atoms with Crippen LogP contribution in [0.1, 0.15) is 25.0 Å². The van der Waals surface area contributed by atoms with Crippen LogP contribution in [0.3, 0.4) is 0 Å². The summed E-state index contributed by atoms with van der Waals surface area (Å²) < 4.78 is 13.7. The predicted octanol–water partition coefficient (Wildman–Crippen LogP) is 5.53. The van der Waals surface area contributed by atoms with Gasteiger partial charge in [0.2, 0.25) is 0 Å². The summed E-state index contributed by atoms with van der Waals surface area (Å²) in [6.45, 7) is 5.76. The van der Waals surface area contributed by atoms with E-state index in [1.807, 2.05) is 84.1 Å². The lowest BCUT2D eigenvalue weighted by Gasteiger charge is -2.37. The van der Waals surface area contributed by atoms with Crippen molar-refractivity contribution in [1.82, 2.24) is 14.7 Å². The molecule has 0 N–H and O–H groups in total. The summed E-state index contributed by atoms with van der Waals surface area (Å²) in [5.41, 5.74) is 3.78. The number of hydrogen-bond acceptors (Lipinski definition) is 7. The summed E-state index contributed by atoms with van der Waals surface area (Å²) >= 11 is 0. The monoisotopic (exact) mass is 539 g/mol. The molecule has 204 valence electrons. The first kappa shape index (κ1) is 25.4. The van der Waals surface area contributed by atoms with Gasteiger partial charge in [0.1, 0.15) is 23.6 Å². The largest absolute Gasteiger partial charge is 0.482 e. The van der Waals surface area contributed by atoms with Gasteiger partial charge in [-0.1, -0.05) is 48.5 Å². The molecule has 0 aliphatic carbocycles. The highest BCUT2D eigenvalue weighted by molar-refractivity contribution is 5.82. The molecule has 10 nitrogen and oxygen atoms in total. The van der Waals surface area contributed by atoms with Gasteiger partial charge < -0.3 is 19.3 Å². The highest BCUT2D eigenvalue weighted by atomic mass is 16.6. The number of nitro groups is 1. The van der Waals surface area contributed by atoms with Crippen LogP contribution in [-0.4, -0.2) is 51.9 Å². The van der Waals surface area contributed by atoms with Crippen LogP contribution in [0.25, 0.3) is 16.9 Å². The number of amides is 1. The molecule has 2 aliphatic rings. The Morgan fingerprint density at radius 3 is 2.38 bits per heavy atom. The van der Waals surface area contributed by atoms with Crippen molar-refractivity contribution in [2.24, 2.45) is 0 Å². The number of anilines is 1. The van der Waals surface area contributed by atoms with Gasteiger partial charge in [-0.25, -0.2) is 9.48 Å². The van der Waals surface area contributed by atoms with E-state index in [4.69, 9.17) is 9.47 Å². The topological polar surface area (TPSA) is 103 Å². The van der Waals surface area contributed by atoms with Gasteiger partial charge in [0.15, 0.2) is 0 Å². The minimum absolute atomic E-state index is 0.0195. The number of para-hydroxylation sites is 1. The van der Waals surface area contributed by atoms with Gasteiger partial charge in [-0.3, -0.25) is 10.1 Å². The van der Waals surface area contributed by atoms with E-state index in [1.54, 1.807) is 23.2 Å². The maximum atomic E-state index is 12.6. The maximum absolute atomic E-state index is 12.6. The second kappa shape index (κ2) is 10.0. The number of benzene rings is 3. The highest BCUT2D eigenvalue weighted by Crippen LogP contribution is 2.49. The minimum Gasteiger partial charge on any atom is -0.482 e. The van der Waals surface area contributed by atoms with Gasteiger partial charge in [-0.05, 0) is 31.5 Å². The molecule has 3 heterocycles. The average Bonchev–Trinajstić information content (AvgIpc) is 3.43. The zero-order valence-electron chi connectivity index (χ0n) is 22.3. The summed E-state index contributed by atoms with van der Waals surface area (Å²) in [5, 5.41) is 16.9. The Kier molecular flexibility index (Phi) is 6.37. The standard InChI is InChI=1S/C30H29N5O5/c1-30(2)24-19-31-34(22-11-7-4-8-12-22)28(24)23-17-26(35(37)38)25(18-27(23)40-30)32-13-15-33(16-14-32)29(36)39-20-21-9-5-3-6-10-21/h3-12,17-19H,13-16,20H2,1-2H3. The van der Waals surface area contributed by atoms with Crippen LogP contribution in [0.4, 0.5) is 16.2 Å². The molecule has 6 rings (SSSR count). The van der Waals surface area contributed by atoms with Crippen LogP contribution in [0.2, 0.25) is 0 Å². The normalized spacial score (nSPS) is 15.6. The van der Waals surface area contributed by atoms with E-state index < -0.39 is 11.7 Å². The first-order chi connectivity index (χ1) is 19.3. The van der Waals surface area contributed by atoms with E-state index in [0.29, 0.717) is 43.2 Å². The molecule has 0 unspecified atom stereocenters. The Morgan fingerprint density at radius 2 is 1.70 bits per heavy atom. The molecule has 40 heavy (non-hydrogen) atoms. The number of piperazine rings is 1. The smallest absolute Gasteiger partial charge is 0.410 e. The number of rotatable bonds is 5. The first-order valence-corrected chi connectivity index (χ1v) is 13.2. The van der Waals surface area contributed by atoms with Gasteiger partial charge >= 0.3 is 6.09 Å². The van der Waals surface area contributed by atoms with Gasteiger partial charge in [0.25, 0.3) is 5.69 Å². The van der Waals surface area contributed by atoms with Gasteiger partial charge in [0, 0.05) is 49.4 Å². The van der Waals surface area contributed by atoms with Crippen molar-refractivity contribution in [3.63, 3.8) is 0 Å². The van der Waals surface area contributed by atoms with Crippen molar-refractivity contribution < 1.29 is 19.2 Å². The number of carbonyl (C=O) groups excluding carboxylic acids is 1. The van der Waals surface area contributed by atoms with E-state index in [0.717, 1.165) is 22.5 Å². The van der Waals surface area contributed by atoms with Crippen molar-refractivity contribution in [2.75, 3.05) is 31.1 Å². The molecule has 1 saturated heterocycles. The van der Waals surface area contributed by atoms with Crippen molar-refractivity contribution >= 4 is 17.5 Å². The van der Waals surface area contributed by atoms with Gasteiger partial charge in [0.05, 0.1) is 22.5 Å². The fraction of sp³-hybridized carbons (Fsp3) is 0.267. The van der Waals surface area contributed by atoms with E-state index in [2.05, 4.69) is 5.10 Å². The Labute approximate surface area is 231 Å². The fourth-order valence-electron chi connectivity index (χ4n) is 5.31. The molecular formula is C30H29N5O5. The Balaban J connectivity index is 1.27. The van der Waals surface area contributed by atoms with Crippen molar-refractivity contribution in [3.05, 3.63) is 100 Å². The molecule has 2 aliphatic heterocycles. The number of hydrogen-bond donors (Lipinski definition) is 0. The number of carbonyl (C=O) groups is 1. The average molecular weight is 540 g/mol. The predicted molar refractivity (Wildman–Crippen MR) is 150 cm³/mol. The summed E-state index contributed by atoms with van der Waals surface area (Å²) in [4.78, 5) is 28.1. The van der Waals surface area contributed by atoms with Crippen LogP contribution < -0.4 is 9.64 Å². The zero-order chi connectivity index (χ0) is 27.9. The lowest BCUT2D eigenvalue weighted by atomic mass is 9.91. The van der Waals surface area contributed by atoms with Crippen LogP contribution in [0.5, 0.6) is 5.75 Å². The number of ether oxygens (including phenoxy) is 2. The van der Waals surface area contributed by atoms with Crippen LogP contribution in [0.15, 0.2) is 79.0 Å². The lowest BCUT2D eigenvalue weighted by Crippen LogP contribution is -2.49. The number of fused-ring (bicyclic) bond motifs is 3. The summed E-state index contributed by atoms with van der Waals surface area (Å²) in [6.07, 6.45) is 1.37. The second-order valence-electron chi connectivity index (χ2n) is 10.4. The maximum Gasteiger partial charge on any atom is 0.410 e. The summed E-state index contributed by atoms with van der Waals surface area (Å²) in [5.74, 6) is 0.556. The molecule has 0 saturated carbocycles. The number of nitro benzene ring substituents is 1. The molecule has 1 fully saturated rings. The van der Waals surface area contributed by atoms with Crippen molar-refractivity contribution in [1.29, 1.82) is 0 Å². The van der Waals surface area contributed by atoms with E-state index >= 15 is 0 Å². The molecule has 4 aromatic rings. The van der Waals surface area contributed by atoms with Gasteiger partial charge in [-0.2, -0.15) is 5.10 Å². The molecule has 0 atom stereocenters. The Bertz CT molecular complexity index is 1560. The first-order valence-electron chi connectivity index (χ1n) is 13.2. The quantitative estimate of drug-likeness (QED) is 0.243. The van der Waals surface area contributed by atoms with Crippen molar-refractivity contribution in [2.45, 2.75) is 26.1 Å². The van der Waals surface area contributed by atoms with E-state index in [1.165, 1.54) is 0 Å². The molecular weight excluding hydrogens is 510 g/mol. The van der Waals surface area contributed by atoms with Crippen LogP contribution >= 0.6 is 0 Å². The number of aromatic nitrogens is 2. The van der Waals surface area contributed by atoms with E-state index in [9.17, 15) is 14.9 Å². The van der Waals surface area contributed by atoms with Crippen LogP contribution in [-0.2, 0) is 16.9 Å². The third-order valence-electron chi connectivity index (χ3n) is 7.40. The fourth-order valence-corrected chi connectivity index (χ4v) is 5.31. The Morgan fingerprint density at radius 1 is 1.02 bits per heavy atom. The summed E-state index contributed by atoms with van der Waals surface area (Å²) in [7, 11) is 0. The highest BCUT2D eigenvalue weighted by Gasteiger charge is 2.39. The molecule has 3 aromatic carbocycles. The molecule has 1 amide bonds. The zero-order valence-corrected chi connectivity index (χ0v) is 22.3. The number of nitrogens with zero attached hydrogens (tertiary/aromatic N) is 5. The molecule has 10 heteroatoms. The lowest BCUT2D eigenvalue weighted by molar-refractivity contribution is -0.384. The molecule has 0 bridgehead atoms. The molecule has 1 aromatic heterocycles. The van der Waals surface area contributed by atoms with Crippen LogP contribution in [0, 0.1) is 10.1 Å². The third-order valence-corrected chi connectivity index (χ3v) is 7.40.